The Bertz CT molecular complexity index is 686. The van der Waals surface area contributed by atoms with Crippen LogP contribution in [0.25, 0.3) is 0 Å². The molecule has 0 radical (unpaired) electrons. The summed E-state index contributed by atoms with van der Waals surface area (Å²) in [6.45, 7) is 8.06. The van der Waals surface area contributed by atoms with Crippen LogP contribution in [0.1, 0.15) is 45.2 Å². The van der Waals surface area contributed by atoms with Crippen molar-refractivity contribution >= 4 is 34.3 Å². The molecule has 0 spiro atoms. The van der Waals surface area contributed by atoms with E-state index in [0.29, 0.717) is 11.6 Å². The largest absolute Gasteiger partial charge is 0.448 e. The van der Waals surface area contributed by atoms with Crippen LogP contribution in [-0.2, 0) is 16.0 Å². The van der Waals surface area contributed by atoms with E-state index in [1.165, 1.54) is 11.9 Å². The summed E-state index contributed by atoms with van der Waals surface area (Å²) in [6.07, 6.45) is 5.24. The van der Waals surface area contributed by atoms with E-state index in [0.717, 1.165) is 36.8 Å². The lowest BCUT2D eigenvalue weighted by Crippen LogP contribution is -2.39. The van der Waals surface area contributed by atoms with Crippen LogP contribution in [0.15, 0.2) is 22.3 Å². The minimum absolute atomic E-state index is 0.0267. The third-order valence-corrected chi connectivity index (χ3v) is 5.81. The van der Waals surface area contributed by atoms with E-state index < -0.39 is 0 Å². The van der Waals surface area contributed by atoms with Crippen LogP contribution in [0.3, 0.4) is 0 Å². The molecule has 2 aromatic rings. The van der Waals surface area contributed by atoms with Gasteiger partial charge in [-0.2, -0.15) is 0 Å². The van der Waals surface area contributed by atoms with Gasteiger partial charge in [-0.15, -0.1) is 11.3 Å². The van der Waals surface area contributed by atoms with Gasteiger partial charge in [-0.05, 0) is 24.8 Å². The lowest BCUT2D eigenvalue weighted by atomic mass is 9.93. The van der Waals surface area contributed by atoms with E-state index in [-0.39, 0.29) is 17.2 Å². The second kappa shape index (κ2) is 7.78. The summed E-state index contributed by atoms with van der Waals surface area (Å²) in [5, 5.41) is 3.03. The van der Waals surface area contributed by atoms with Gasteiger partial charge in [-0.25, -0.2) is 9.97 Å². The van der Waals surface area contributed by atoms with Crippen LogP contribution in [0.5, 0.6) is 0 Å². The number of amides is 1. The first-order valence-corrected chi connectivity index (χ1v) is 10.3. The van der Waals surface area contributed by atoms with Crippen molar-refractivity contribution in [3.05, 3.63) is 29.4 Å². The molecule has 0 unspecified atom stereocenters. The zero-order valence-electron chi connectivity index (χ0n) is 14.8. The van der Waals surface area contributed by atoms with Gasteiger partial charge in [-0.1, -0.05) is 20.8 Å². The average molecular weight is 381 g/mol. The van der Waals surface area contributed by atoms with Crippen molar-refractivity contribution < 1.29 is 9.21 Å². The first kappa shape index (κ1) is 18.3. The van der Waals surface area contributed by atoms with Crippen molar-refractivity contribution in [3.63, 3.8) is 0 Å². The number of nitrogens with one attached hydrogen (secondary N) is 1. The predicted molar refractivity (Wildman–Crippen MR) is 102 cm³/mol. The van der Waals surface area contributed by atoms with Gasteiger partial charge in [0.15, 0.2) is 5.13 Å². The van der Waals surface area contributed by atoms with Crippen molar-refractivity contribution in [2.45, 2.75) is 44.8 Å². The summed E-state index contributed by atoms with van der Waals surface area (Å²) in [5.74, 6) is 1.36. The van der Waals surface area contributed by atoms with Gasteiger partial charge in [-0.3, -0.25) is 9.52 Å². The Morgan fingerprint density at radius 2 is 2.20 bits per heavy atom. The molecule has 2 aromatic heterocycles. The molecule has 3 heterocycles. The fraction of sp³-hybridized carbons (Fsp3) is 0.588. The summed E-state index contributed by atoms with van der Waals surface area (Å²) in [4.78, 5) is 23.4. The zero-order chi connectivity index (χ0) is 17.9. The number of anilines is 1. The van der Waals surface area contributed by atoms with Crippen molar-refractivity contribution in [1.29, 1.82) is 0 Å². The van der Waals surface area contributed by atoms with Crippen molar-refractivity contribution in [2.24, 2.45) is 5.92 Å². The summed E-state index contributed by atoms with van der Waals surface area (Å²) in [6, 6.07) is 0. The molecule has 1 N–H and O–H groups in total. The summed E-state index contributed by atoms with van der Waals surface area (Å²) >= 11 is 3.00. The van der Waals surface area contributed by atoms with E-state index in [9.17, 15) is 4.79 Å². The van der Waals surface area contributed by atoms with Gasteiger partial charge in [0.1, 0.15) is 6.26 Å². The van der Waals surface area contributed by atoms with E-state index in [4.69, 9.17) is 4.42 Å². The lowest BCUT2D eigenvalue weighted by molar-refractivity contribution is -0.123. The molecule has 0 aliphatic carbocycles. The molecule has 1 saturated heterocycles. The van der Waals surface area contributed by atoms with Crippen LogP contribution in [-0.4, -0.2) is 29.0 Å². The molecule has 0 saturated carbocycles. The number of hydrogen-bond donors (Lipinski definition) is 1. The van der Waals surface area contributed by atoms with Crippen molar-refractivity contribution in [3.8, 4) is 0 Å². The quantitative estimate of drug-likeness (QED) is 0.799. The molecule has 8 heteroatoms. The highest BCUT2D eigenvalue weighted by Crippen LogP contribution is 2.26. The van der Waals surface area contributed by atoms with Crippen LogP contribution >= 0.6 is 23.3 Å². The summed E-state index contributed by atoms with van der Waals surface area (Å²) in [7, 11) is 0. The third-order valence-electron chi connectivity index (χ3n) is 4.24. The monoisotopic (exact) mass is 380 g/mol. The average Bonchev–Trinajstić information content (AvgIpc) is 3.26. The highest BCUT2D eigenvalue weighted by Gasteiger charge is 2.26. The van der Waals surface area contributed by atoms with Crippen molar-refractivity contribution in [1.82, 2.24) is 14.7 Å². The Labute approximate surface area is 156 Å². The second-order valence-corrected chi connectivity index (χ2v) is 8.86. The van der Waals surface area contributed by atoms with Gasteiger partial charge in [0, 0.05) is 36.0 Å². The van der Waals surface area contributed by atoms with Gasteiger partial charge >= 0.3 is 0 Å². The highest BCUT2D eigenvalue weighted by molar-refractivity contribution is 7.97. The van der Waals surface area contributed by atoms with E-state index in [1.54, 1.807) is 17.6 Å². The number of carbonyl (C=O) groups is 1. The molecule has 1 aliphatic rings. The summed E-state index contributed by atoms with van der Waals surface area (Å²) < 4.78 is 8.42. The topological polar surface area (TPSA) is 71.3 Å². The minimum atomic E-state index is -0.0267. The predicted octanol–water partition coefficient (Wildman–Crippen LogP) is 3.61. The fourth-order valence-electron chi connectivity index (χ4n) is 2.68. The zero-order valence-corrected chi connectivity index (χ0v) is 16.5. The molecule has 25 heavy (non-hydrogen) atoms. The second-order valence-electron chi connectivity index (χ2n) is 7.21. The first-order chi connectivity index (χ1) is 11.9. The molecule has 1 aliphatic heterocycles. The number of oxazole rings is 1. The Morgan fingerprint density at radius 1 is 1.44 bits per heavy atom. The third kappa shape index (κ3) is 4.76. The number of hydrogen-bond acceptors (Lipinski definition) is 7. The molecular weight excluding hydrogens is 356 g/mol. The van der Waals surface area contributed by atoms with Crippen LogP contribution < -0.4 is 9.62 Å². The van der Waals surface area contributed by atoms with E-state index in [1.807, 2.05) is 11.6 Å². The maximum atomic E-state index is 12.3. The molecule has 6 nitrogen and oxygen atoms in total. The van der Waals surface area contributed by atoms with Gasteiger partial charge in [0.2, 0.25) is 11.8 Å². The minimum Gasteiger partial charge on any atom is -0.448 e. The van der Waals surface area contributed by atoms with Crippen LogP contribution in [0.2, 0.25) is 0 Å². The smallest absolute Gasteiger partial charge is 0.233 e. The van der Waals surface area contributed by atoms with Gasteiger partial charge in [0.05, 0.1) is 11.4 Å². The molecule has 1 amide bonds. The number of thiazole rings is 1. The SMILES string of the molecule is CC(C)(C)c1coc(CSNC(=O)C2CCN(c3nccs3)CC2)n1. The lowest BCUT2D eigenvalue weighted by Gasteiger charge is -2.30. The number of aromatic nitrogens is 2. The molecule has 1 fully saturated rings. The van der Waals surface area contributed by atoms with Gasteiger partial charge < -0.3 is 9.32 Å². The first-order valence-electron chi connectivity index (χ1n) is 8.44. The van der Waals surface area contributed by atoms with E-state index in [2.05, 4.69) is 40.4 Å². The standard InChI is InChI=1S/C17H24N4O2S2/c1-17(2,3)13-10-23-14(19-13)11-25-20-15(22)12-4-7-21(8-5-12)16-18-6-9-24-16/h6,9-10,12H,4-5,7-8,11H2,1-3H3,(H,20,22). The Morgan fingerprint density at radius 3 is 2.80 bits per heavy atom. The maximum Gasteiger partial charge on any atom is 0.233 e. The maximum absolute atomic E-state index is 12.3. The molecule has 3 rings (SSSR count). The normalized spacial score (nSPS) is 16.2. The molecule has 0 aromatic carbocycles. The number of rotatable bonds is 5. The Kier molecular flexibility index (Phi) is 5.68. The van der Waals surface area contributed by atoms with Crippen molar-refractivity contribution in [2.75, 3.05) is 18.0 Å². The van der Waals surface area contributed by atoms with E-state index >= 15 is 0 Å². The number of piperidine rings is 1. The van der Waals surface area contributed by atoms with Crippen LogP contribution in [0.4, 0.5) is 5.13 Å². The molecule has 136 valence electrons. The summed E-state index contributed by atoms with van der Waals surface area (Å²) in [5.41, 5.74) is 0.908. The molecular formula is C17H24N4O2S2. The fourth-order valence-corrected chi connectivity index (χ4v) is 4.01. The van der Waals surface area contributed by atoms with Gasteiger partial charge in [0.25, 0.3) is 0 Å². The Hall–Kier alpha value is -1.54. The number of carbonyl (C=O) groups excluding carboxylic acids is 1. The molecule has 0 atom stereocenters. The molecule has 0 bridgehead atoms. The number of nitrogens with zero attached hydrogens (tertiary/aromatic N) is 3. The Balaban J connectivity index is 1.41. The van der Waals surface area contributed by atoms with Crippen LogP contribution in [0, 0.1) is 5.92 Å². The highest BCUT2D eigenvalue weighted by atomic mass is 32.2.